The third-order valence-electron chi connectivity index (χ3n) is 2.79. The summed E-state index contributed by atoms with van der Waals surface area (Å²) < 4.78 is 0. The number of amides is 1. The first-order chi connectivity index (χ1) is 11.1. The summed E-state index contributed by atoms with van der Waals surface area (Å²) in [6.07, 6.45) is 0. The molecule has 5 N–H and O–H groups in total. The number of nitrogen functional groups attached to an aromatic ring is 1. The fourth-order valence-corrected chi connectivity index (χ4v) is 2.36. The lowest BCUT2D eigenvalue weighted by atomic mass is 10.0. The predicted molar refractivity (Wildman–Crippen MR) is 88.5 cm³/mol. The summed E-state index contributed by atoms with van der Waals surface area (Å²) in [4.78, 5) is 33.0. The van der Waals surface area contributed by atoms with Gasteiger partial charge in [-0.05, 0) is 12.1 Å². The Bertz CT molecular complexity index is 756. The monoisotopic (exact) mass is 333 g/mol. The summed E-state index contributed by atoms with van der Waals surface area (Å²) in [5.74, 6) is -0.863. The predicted octanol–water partition coefficient (Wildman–Crippen LogP) is 0.856. The maximum atomic E-state index is 12.8. The third kappa shape index (κ3) is 3.90. The zero-order valence-electron chi connectivity index (χ0n) is 12.3. The van der Waals surface area contributed by atoms with Crippen molar-refractivity contribution in [2.24, 2.45) is 10.9 Å². The van der Waals surface area contributed by atoms with Gasteiger partial charge in [0.2, 0.25) is 11.7 Å². The number of benzene rings is 1. The van der Waals surface area contributed by atoms with Gasteiger partial charge >= 0.3 is 0 Å². The first kappa shape index (κ1) is 16.6. The van der Waals surface area contributed by atoms with Crippen LogP contribution in [0.25, 0.3) is 0 Å². The Morgan fingerprint density at radius 1 is 1.39 bits per heavy atom. The Kier molecular flexibility index (Phi) is 5.39. The maximum Gasteiger partial charge on any atom is 0.238 e. The van der Waals surface area contributed by atoms with Gasteiger partial charge in [0.25, 0.3) is 0 Å². The number of para-hydroxylation sites is 1. The van der Waals surface area contributed by atoms with Crippen molar-refractivity contribution in [3.8, 4) is 0 Å². The standard InChI is InChI=1S/C14H15N5O3S/c1-22-19-12(10-7-23-14(16)18-10)13(21)8-4-2-3-5-9(8)17-11(20)6-15/h2-5,7H,6,15H2,1H3,(H2,16,18)(H,17,20). The van der Waals surface area contributed by atoms with Gasteiger partial charge in [-0.15, -0.1) is 11.3 Å². The number of Topliss-reactive ketones (excluding diaryl/α,β-unsaturated/α-hetero) is 1. The molecule has 0 saturated carbocycles. The van der Waals surface area contributed by atoms with Crippen LogP contribution in [0.15, 0.2) is 34.8 Å². The van der Waals surface area contributed by atoms with E-state index < -0.39 is 11.7 Å². The average molecular weight is 333 g/mol. The normalized spacial score (nSPS) is 11.1. The van der Waals surface area contributed by atoms with Crippen LogP contribution < -0.4 is 16.8 Å². The number of carbonyl (C=O) groups is 2. The number of oxime groups is 1. The van der Waals surface area contributed by atoms with Crippen LogP contribution in [0.2, 0.25) is 0 Å². The fourth-order valence-electron chi connectivity index (χ4n) is 1.81. The number of nitrogens with one attached hydrogen (secondary N) is 1. The minimum atomic E-state index is -0.454. The summed E-state index contributed by atoms with van der Waals surface area (Å²) in [6, 6.07) is 6.53. The van der Waals surface area contributed by atoms with Crippen LogP contribution in [0.1, 0.15) is 16.1 Å². The van der Waals surface area contributed by atoms with Crippen molar-refractivity contribution in [1.29, 1.82) is 0 Å². The smallest absolute Gasteiger partial charge is 0.238 e. The van der Waals surface area contributed by atoms with Gasteiger partial charge in [-0.2, -0.15) is 0 Å². The van der Waals surface area contributed by atoms with Crippen molar-refractivity contribution < 1.29 is 14.4 Å². The van der Waals surface area contributed by atoms with E-state index in [2.05, 4.69) is 15.5 Å². The van der Waals surface area contributed by atoms with E-state index in [1.54, 1.807) is 29.6 Å². The van der Waals surface area contributed by atoms with Gasteiger partial charge in [0.1, 0.15) is 12.8 Å². The molecule has 0 fully saturated rings. The van der Waals surface area contributed by atoms with Crippen LogP contribution >= 0.6 is 11.3 Å². The second-order valence-electron chi connectivity index (χ2n) is 4.32. The van der Waals surface area contributed by atoms with Gasteiger partial charge in [-0.3, -0.25) is 9.59 Å². The molecule has 0 aliphatic heterocycles. The highest BCUT2D eigenvalue weighted by atomic mass is 32.1. The van der Waals surface area contributed by atoms with E-state index in [-0.39, 0.29) is 17.8 Å². The zero-order valence-corrected chi connectivity index (χ0v) is 13.1. The van der Waals surface area contributed by atoms with Crippen molar-refractivity contribution in [3.05, 3.63) is 40.9 Å². The third-order valence-corrected chi connectivity index (χ3v) is 3.47. The Morgan fingerprint density at radius 3 is 2.74 bits per heavy atom. The molecule has 0 radical (unpaired) electrons. The van der Waals surface area contributed by atoms with E-state index in [4.69, 9.17) is 16.3 Å². The molecule has 0 aliphatic carbocycles. The molecule has 1 aromatic carbocycles. The van der Waals surface area contributed by atoms with Gasteiger partial charge in [0.15, 0.2) is 10.8 Å². The number of aromatic nitrogens is 1. The lowest BCUT2D eigenvalue weighted by Crippen LogP contribution is -2.24. The number of hydrogen-bond donors (Lipinski definition) is 3. The highest BCUT2D eigenvalue weighted by Crippen LogP contribution is 2.20. The summed E-state index contributed by atoms with van der Waals surface area (Å²) >= 11 is 1.18. The largest absolute Gasteiger partial charge is 0.398 e. The van der Waals surface area contributed by atoms with Crippen molar-refractivity contribution in [3.63, 3.8) is 0 Å². The van der Waals surface area contributed by atoms with Crippen molar-refractivity contribution >= 4 is 39.6 Å². The summed E-state index contributed by atoms with van der Waals surface area (Å²) in [5.41, 5.74) is 11.8. The Morgan fingerprint density at radius 2 is 2.13 bits per heavy atom. The molecule has 120 valence electrons. The number of carbonyl (C=O) groups excluding carboxylic acids is 2. The van der Waals surface area contributed by atoms with Gasteiger partial charge in [0, 0.05) is 10.9 Å². The second-order valence-corrected chi connectivity index (χ2v) is 5.21. The first-order valence-electron chi connectivity index (χ1n) is 6.53. The zero-order chi connectivity index (χ0) is 16.8. The van der Waals surface area contributed by atoms with E-state index >= 15 is 0 Å². The van der Waals surface area contributed by atoms with Gasteiger partial charge in [0.05, 0.1) is 12.2 Å². The average Bonchev–Trinajstić information content (AvgIpc) is 2.98. The Labute approximate surface area is 136 Å². The topological polar surface area (TPSA) is 133 Å². The molecule has 0 unspecified atom stereocenters. The van der Waals surface area contributed by atoms with Crippen molar-refractivity contribution in [1.82, 2.24) is 4.98 Å². The SMILES string of the molecule is CON=C(C(=O)c1ccccc1NC(=O)CN)c1csc(N)n1. The fraction of sp³-hybridized carbons (Fsp3) is 0.143. The van der Waals surface area contributed by atoms with E-state index in [0.717, 1.165) is 0 Å². The van der Waals surface area contributed by atoms with E-state index in [0.29, 0.717) is 16.5 Å². The molecular formula is C14H15N5O3S. The van der Waals surface area contributed by atoms with Gasteiger partial charge in [-0.25, -0.2) is 4.98 Å². The minimum absolute atomic E-state index is 0.00472. The van der Waals surface area contributed by atoms with Crippen LogP contribution in [0.5, 0.6) is 0 Å². The Balaban J connectivity index is 2.42. The number of rotatable bonds is 6. The molecule has 0 atom stereocenters. The van der Waals surface area contributed by atoms with Gasteiger partial charge < -0.3 is 21.6 Å². The summed E-state index contributed by atoms with van der Waals surface area (Å²) in [6.45, 7) is -0.190. The first-order valence-corrected chi connectivity index (χ1v) is 7.41. The minimum Gasteiger partial charge on any atom is -0.398 e. The van der Waals surface area contributed by atoms with Crippen LogP contribution in [0.4, 0.5) is 10.8 Å². The number of thiazole rings is 1. The molecule has 2 rings (SSSR count). The van der Waals surface area contributed by atoms with Crippen LogP contribution in [0, 0.1) is 0 Å². The molecule has 0 bridgehead atoms. The molecule has 1 amide bonds. The molecular weight excluding hydrogens is 318 g/mol. The summed E-state index contributed by atoms with van der Waals surface area (Å²) in [7, 11) is 1.32. The van der Waals surface area contributed by atoms with Crippen LogP contribution in [-0.4, -0.2) is 36.0 Å². The molecule has 1 heterocycles. The molecule has 2 aromatic rings. The molecule has 9 heteroatoms. The number of ketones is 1. The van der Waals surface area contributed by atoms with E-state index in [1.807, 2.05) is 0 Å². The highest BCUT2D eigenvalue weighted by molar-refractivity contribution is 7.13. The van der Waals surface area contributed by atoms with E-state index in [9.17, 15) is 9.59 Å². The van der Waals surface area contributed by atoms with Crippen LogP contribution in [-0.2, 0) is 9.63 Å². The molecule has 0 saturated heterocycles. The molecule has 0 spiro atoms. The number of nitrogens with zero attached hydrogens (tertiary/aromatic N) is 2. The van der Waals surface area contributed by atoms with Crippen molar-refractivity contribution in [2.75, 3.05) is 24.7 Å². The molecule has 0 aliphatic rings. The summed E-state index contributed by atoms with van der Waals surface area (Å²) in [5, 5.41) is 8.22. The van der Waals surface area contributed by atoms with Gasteiger partial charge in [-0.1, -0.05) is 17.3 Å². The lowest BCUT2D eigenvalue weighted by Gasteiger charge is -2.10. The highest BCUT2D eigenvalue weighted by Gasteiger charge is 2.22. The Hall–Kier alpha value is -2.78. The van der Waals surface area contributed by atoms with Crippen molar-refractivity contribution in [2.45, 2.75) is 0 Å². The molecule has 23 heavy (non-hydrogen) atoms. The molecule has 8 nitrogen and oxygen atoms in total. The number of anilines is 2. The second kappa shape index (κ2) is 7.47. The molecule has 1 aromatic heterocycles. The number of hydrogen-bond acceptors (Lipinski definition) is 8. The lowest BCUT2D eigenvalue weighted by molar-refractivity contribution is -0.114. The maximum absolute atomic E-state index is 12.8. The number of nitrogens with two attached hydrogens (primary N) is 2. The quantitative estimate of drug-likeness (QED) is 0.408. The van der Waals surface area contributed by atoms with Crippen LogP contribution in [0.3, 0.4) is 0 Å². The van der Waals surface area contributed by atoms with E-state index in [1.165, 1.54) is 18.4 Å².